The van der Waals surface area contributed by atoms with Gasteiger partial charge in [0.05, 0.1) is 30.0 Å². The number of ether oxygens (including phenoxy) is 1. The maximum absolute atomic E-state index is 15.4. The van der Waals surface area contributed by atoms with E-state index in [1.165, 1.54) is 37.4 Å². The number of nitrogens with one attached hydrogen (secondary N) is 1. The van der Waals surface area contributed by atoms with Crippen molar-refractivity contribution in [3.63, 3.8) is 0 Å². The van der Waals surface area contributed by atoms with Gasteiger partial charge in [-0.05, 0) is 77.1 Å². The van der Waals surface area contributed by atoms with Crippen LogP contribution in [0.4, 0.5) is 27.6 Å². The van der Waals surface area contributed by atoms with Crippen LogP contribution < -0.4 is 10.1 Å². The summed E-state index contributed by atoms with van der Waals surface area (Å²) in [6, 6.07) is 14.3. The number of methoxy groups -OCH3 is 1. The van der Waals surface area contributed by atoms with Gasteiger partial charge in [0.15, 0.2) is 28.2 Å². The van der Waals surface area contributed by atoms with Crippen molar-refractivity contribution in [1.82, 2.24) is 4.31 Å². The van der Waals surface area contributed by atoms with Crippen molar-refractivity contribution in [2.75, 3.05) is 12.4 Å². The van der Waals surface area contributed by atoms with E-state index < -0.39 is 80.3 Å². The van der Waals surface area contributed by atoms with Crippen molar-refractivity contribution >= 4 is 27.6 Å². The number of aromatic carboxylic acids is 1. The van der Waals surface area contributed by atoms with E-state index in [0.29, 0.717) is 9.87 Å². The first-order valence-electron chi connectivity index (χ1n) is 16.3. The Morgan fingerprint density at radius 3 is 2.15 bits per heavy atom. The van der Waals surface area contributed by atoms with Gasteiger partial charge in [-0.2, -0.15) is 9.57 Å². The Kier molecular flexibility index (Phi) is 11.0. The zero-order chi connectivity index (χ0) is 39.0. The van der Waals surface area contributed by atoms with E-state index in [1.54, 1.807) is 12.1 Å². The highest BCUT2D eigenvalue weighted by Gasteiger charge is 2.43. The maximum atomic E-state index is 15.4. The Bertz CT molecular complexity index is 2240. The Morgan fingerprint density at radius 2 is 1.58 bits per heavy atom. The maximum Gasteiger partial charge on any atom is 0.335 e. The molecule has 0 aromatic heterocycles. The van der Waals surface area contributed by atoms with Crippen LogP contribution in [0, 0.1) is 40.4 Å². The van der Waals surface area contributed by atoms with E-state index in [9.17, 15) is 41.5 Å². The number of benzene rings is 4. The number of hydrogen-bond acceptors (Lipinski definition) is 6. The van der Waals surface area contributed by atoms with Crippen LogP contribution >= 0.6 is 0 Å². The van der Waals surface area contributed by atoms with Crippen LogP contribution in [0.3, 0.4) is 0 Å². The lowest BCUT2D eigenvalue weighted by Crippen LogP contribution is -2.48. The molecule has 4 aromatic rings. The number of nitrogens with zero attached hydrogens (tertiary/aromatic N) is 2. The SMILES string of the molecule is COc1cc(C(=O)O)ccc1NC(=O)C(Cc1cc(C2CC2)cc(C(C)(C)C)c1)N(Cc1ccccc1C#N)S(=O)(=O)c1c(F)c(F)c(F)c(F)c1F. The average Bonchev–Trinajstić information content (AvgIpc) is 3.97. The molecule has 0 radical (unpaired) electrons. The van der Waals surface area contributed by atoms with Crippen LogP contribution in [0.1, 0.15) is 77.7 Å². The van der Waals surface area contributed by atoms with Gasteiger partial charge in [-0.3, -0.25) is 4.79 Å². The van der Waals surface area contributed by atoms with E-state index in [-0.39, 0.29) is 34.0 Å². The number of amides is 1. The van der Waals surface area contributed by atoms with Crippen molar-refractivity contribution in [2.45, 2.75) is 68.8 Å². The van der Waals surface area contributed by atoms with Crippen LogP contribution in [-0.4, -0.2) is 42.9 Å². The number of anilines is 1. The summed E-state index contributed by atoms with van der Waals surface area (Å²) >= 11 is 0. The lowest BCUT2D eigenvalue weighted by Gasteiger charge is -2.31. The number of carboxylic acid groups (broad SMARTS) is 1. The van der Waals surface area contributed by atoms with Gasteiger partial charge in [0.1, 0.15) is 11.8 Å². The van der Waals surface area contributed by atoms with E-state index in [0.717, 1.165) is 36.1 Å². The van der Waals surface area contributed by atoms with Gasteiger partial charge in [-0.1, -0.05) is 57.2 Å². The third-order valence-corrected chi connectivity index (χ3v) is 10.8. The number of rotatable bonds is 12. The van der Waals surface area contributed by atoms with Gasteiger partial charge in [-0.25, -0.2) is 35.2 Å². The minimum Gasteiger partial charge on any atom is -0.495 e. The number of carbonyl (C=O) groups is 2. The first-order chi connectivity index (χ1) is 24.9. The molecule has 1 atom stereocenters. The molecule has 1 amide bonds. The molecule has 15 heteroatoms. The van der Waals surface area contributed by atoms with Gasteiger partial charge in [0.25, 0.3) is 0 Å². The lowest BCUT2D eigenvalue weighted by molar-refractivity contribution is -0.119. The quantitative estimate of drug-likeness (QED) is 0.0865. The summed E-state index contributed by atoms with van der Waals surface area (Å²) in [5, 5.41) is 21.8. The van der Waals surface area contributed by atoms with E-state index in [4.69, 9.17) is 4.74 Å². The first kappa shape index (κ1) is 38.9. The van der Waals surface area contributed by atoms with Crippen molar-refractivity contribution < 1.29 is 49.8 Å². The molecule has 1 aliphatic carbocycles. The molecule has 0 heterocycles. The van der Waals surface area contributed by atoms with Crippen molar-refractivity contribution in [2.24, 2.45) is 0 Å². The van der Waals surface area contributed by atoms with Crippen molar-refractivity contribution in [3.05, 3.63) is 123 Å². The topological polar surface area (TPSA) is 137 Å². The Balaban J connectivity index is 1.77. The monoisotopic (exact) mass is 755 g/mol. The summed E-state index contributed by atoms with van der Waals surface area (Å²) in [5.41, 5.74) is 1.23. The second-order valence-electron chi connectivity index (χ2n) is 13.6. The first-order valence-corrected chi connectivity index (χ1v) is 17.7. The largest absolute Gasteiger partial charge is 0.495 e. The van der Waals surface area contributed by atoms with E-state index in [1.807, 2.05) is 32.9 Å². The molecule has 1 saturated carbocycles. The van der Waals surface area contributed by atoms with Crippen LogP contribution in [0.2, 0.25) is 0 Å². The standard InChI is InChI=1S/C38H34F5N3O6S/c1-38(2,3)26-14-20(13-25(16-26)21-9-10-21)15-28(36(47)45-27-12-11-22(37(48)49)17-29(27)52-4)46(19-24-8-6-5-7-23(24)18-44)53(50,51)35-33(42)31(40)30(39)32(41)34(35)43/h5-8,11-14,16-17,21,28H,9-10,15,19H2,1-4H3,(H,45,47)(H,48,49). The van der Waals surface area contributed by atoms with Crippen LogP contribution in [-0.2, 0) is 33.2 Å². The molecule has 0 spiro atoms. The fraction of sp³-hybridized carbons (Fsp3) is 0.289. The van der Waals surface area contributed by atoms with Gasteiger partial charge in [0.2, 0.25) is 21.7 Å². The third kappa shape index (κ3) is 8.03. The van der Waals surface area contributed by atoms with Crippen LogP contribution in [0.25, 0.3) is 0 Å². The predicted molar refractivity (Wildman–Crippen MR) is 183 cm³/mol. The molecule has 0 aliphatic heterocycles. The highest BCUT2D eigenvalue weighted by molar-refractivity contribution is 7.89. The summed E-state index contributed by atoms with van der Waals surface area (Å²) < 4.78 is 109. The molecular formula is C38H34F5N3O6S. The second kappa shape index (κ2) is 15.0. The van der Waals surface area contributed by atoms with Crippen LogP contribution in [0.15, 0.2) is 65.6 Å². The number of sulfonamides is 1. The number of halogens is 5. The third-order valence-electron chi connectivity index (χ3n) is 8.92. The smallest absolute Gasteiger partial charge is 0.335 e. The molecule has 278 valence electrons. The highest BCUT2D eigenvalue weighted by Crippen LogP contribution is 2.42. The molecule has 9 nitrogen and oxygen atoms in total. The summed E-state index contributed by atoms with van der Waals surface area (Å²) in [6.45, 7) is 4.91. The minimum atomic E-state index is -5.83. The molecular weight excluding hydrogens is 721 g/mol. The summed E-state index contributed by atoms with van der Waals surface area (Å²) in [4.78, 5) is 23.9. The van der Waals surface area contributed by atoms with Gasteiger partial charge in [-0.15, -0.1) is 0 Å². The molecule has 1 aliphatic rings. The van der Waals surface area contributed by atoms with Gasteiger partial charge >= 0.3 is 5.97 Å². The molecule has 1 fully saturated rings. The normalized spacial score (nSPS) is 13.8. The molecule has 2 N–H and O–H groups in total. The number of hydrogen-bond donors (Lipinski definition) is 2. The Labute approximate surface area is 302 Å². The predicted octanol–water partition coefficient (Wildman–Crippen LogP) is 7.58. The highest BCUT2D eigenvalue weighted by atomic mass is 32.2. The Hall–Kier alpha value is -5.33. The van der Waals surface area contributed by atoms with E-state index >= 15 is 8.78 Å². The Morgan fingerprint density at radius 1 is 0.962 bits per heavy atom. The van der Waals surface area contributed by atoms with Crippen molar-refractivity contribution in [1.29, 1.82) is 5.26 Å². The van der Waals surface area contributed by atoms with E-state index in [2.05, 4.69) is 5.32 Å². The summed E-state index contributed by atoms with van der Waals surface area (Å²) in [7, 11) is -4.65. The minimum absolute atomic E-state index is 0.0502. The van der Waals surface area contributed by atoms with Crippen LogP contribution in [0.5, 0.6) is 5.75 Å². The average molecular weight is 756 g/mol. The molecule has 1 unspecified atom stereocenters. The number of carbonyl (C=O) groups excluding carboxylic acids is 1. The second-order valence-corrected chi connectivity index (χ2v) is 15.5. The van der Waals surface area contributed by atoms with Crippen molar-refractivity contribution in [3.8, 4) is 11.8 Å². The van der Waals surface area contributed by atoms with Gasteiger partial charge < -0.3 is 15.2 Å². The zero-order valence-electron chi connectivity index (χ0n) is 28.9. The molecule has 0 saturated heterocycles. The lowest BCUT2D eigenvalue weighted by atomic mass is 9.83. The number of nitriles is 1. The number of carboxylic acids is 1. The van der Waals surface area contributed by atoms with Gasteiger partial charge in [0, 0.05) is 6.54 Å². The summed E-state index contributed by atoms with van der Waals surface area (Å²) in [5.74, 6) is -15.3. The molecule has 0 bridgehead atoms. The molecule has 53 heavy (non-hydrogen) atoms. The zero-order valence-corrected chi connectivity index (χ0v) is 29.8. The molecule has 4 aromatic carbocycles. The fourth-order valence-electron chi connectivity index (χ4n) is 5.84. The summed E-state index contributed by atoms with van der Waals surface area (Å²) in [6.07, 6.45) is 1.29. The molecule has 5 rings (SSSR count). The fourth-order valence-corrected chi connectivity index (χ4v) is 7.52.